The summed E-state index contributed by atoms with van der Waals surface area (Å²) in [5.74, 6) is 0.0243. The zero-order chi connectivity index (χ0) is 8.74. The summed E-state index contributed by atoms with van der Waals surface area (Å²) in [5.41, 5.74) is 0. The second kappa shape index (κ2) is 5.93. The molecule has 0 rings (SSSR count). The van der Waals surface area contributed by atoms with Crippen molar-refractivity contribution >= 4 is 26.0 Å². The van der Waals surface area contributed by atoms with Crippen LogP contribution in [0, 0.1) is 0 Å². The minimum Gasteiger partial charge on any atom is -0.384 e. The summed E-state index contributed by atoms with van der Waals surface area (Å²) in [6, 6.07) is 0. The second-order valence-corrected chi connectivity index (χ2v) is 4.61. The van der Waals surface area contributed by atoms with Gasteiger partial charge in [-0.25, -0.2) is 13.1 Å². The molecule has 0 aromatic heterocycles. The van der Waals surface area contributed by atoms with Crippen LogP contribution in [0.25, 0.3) is 0 Å². The highest BCUT2D eigenvalue weighted by atomic mass is 79.9. The van der Waals surface area contributed by atoms with Gasteiger partial charge in [0.25, 0.3) is 0 Å². The van der Waals surface area contributed by atoms with E-state index in [2.05, 4.69) is 25.4 Å². The first-order chi connectivity index (χ1) is 5.12. The van der Waals surface area contributed by atoms with Gasteiger partial charge < -0.3 is 4.74 Å². The molecule has 0 unspecified atom stereocenters. The van der Waals surface area contributed by atoms with Crippen molar-refractivity contribution in [3.63, 3.8) is 0 Å². The molecule has 0 aliphatic heterocycles. The van der Waals surface area contributed by atoms with Gasteiger partial charge in [0, 0.05) is 19.0 Å². The monoisotopic (exact) mass is 245 g/mol. The van der Waals surface area contributed by atoms with Gasteiger partial charge in [-0.05, 0) is 0 Å². The van der Waals surface area contributed by atoms with Crippen molar-refractivity contribution in [1.29, 1.82) is 0 Å². The van der Waals surface area contributed by atoms with Crippen molar-refractivity contribution in [2.75, 3.05) is 31.3 Å². The molecule has 0 radical (unpaired) electrons. The summed E-state index contributed by atoms with van der Waals surface area (Å²) in [5, 5.41) is 0.624. The van der Waals surface area contributed by atoms with Crippen molar-refractivity contribution in [2.24, 2.45) is 0 Å². The standard InChI is InChI=1S/C5H12BrNO3S/c1-10-4-5-11(8,9)7-3-2-6/h7H,2-5H2,1H3. The molecule has 6 heteroatoms. The Labute approximate surface area is 75.5 Å². The normalized spacial score (nSPS) is 11.8. The minimum absolute atomic E-state index is 0.0243. The van der Waals surface area contributed by atoms with Gasteiger partial charge in [0.1, 0.15) is 0 Å². The Morgan fingerprint density at radius 2 is 2.18 bits per heavy atom. The van der Waals surface area contributed by atoms with Crippen LogP contribution in [0.5, 0.6) is 0 Å². The Morgan fingerprint density at radius 1 is 1.55 bits per heavy atom. The predicted octanol–water partition coefficient (Wildman–Crippen LogP) is -0.0529. The first-order valence-corrected chi connectivity index (χ1v) is 5.92. The van der Waals surface area contributed by atoms with E-state index in [1.165, 1.54) is 7.11 Å². The lowest BCUT2D eigenvalue weighted by molar-refractivity contribution is 0.217. The minimum atomic E-state index is -3.11. The van der Waals surface area contributed by atoms with E-state index in [-0.39, 0.29) is 12.4 Å². The topological polar surface area (TPSA) is 55.4 Å². The highest BCUT2D eigenvalue weighted by Crippen LogP contribution is 1.85. The number of ether oxygens (including phenoxy) is 1. The summed E-state index contributed by atoms with van der Waals surface area (Å²) < 4.78 is 28.9. The van der Waals surface area contributed by atoms with Crippen LogP contribution in [0.15, 0.2) is 0 Å². The zero-order valence-electron chi connectivity index (χ0n) is 6.34. The second-order valence-electron chi connectivity index (χ2n) is 1.89. The molecule has 4 nitrogen and oxygen atoms in total. The van der Waals surface area contributed by atoms with E-state index >= 15 is 0 Å². The molecule has 68 valence electrons. The van der Waals surface area contributed by atoms with Crippen molar-refractivity contribution in [2.45, 2.75) is 0 Å². The summed E-state index contributed by atoms with van der Waals surface area (Å²) in [7, 11) is -1.64. The molecule has 0 aliphatic rings. The number of hydrogen-bond acceptors (Lipinski definition) is 3. The molecule has 1 N–H and O–H groups in total. The molecule has 0 fully saturated rings. The lowest BCUT2D eigenvalue weighted by Gasteiger charge is -2.02. The zero-order valence-corrected chi connectivity index (χ0v) is 8.74. The maximum absolute atomic E-state index is 10.9. The molecule has 0 aromatic carbocycles. The fourth-order valence-electron chi connectivity index (χ4n) is 0.459. The Bertz CT molecular complexity index is 166. The van der Waals surface area contributed by atoms with Crippen molar-refractivity contribution < 1.29 is 13.2 Å². The third-order valence-electron chi connectivity index (χ3n) is 0.973. The molecule has 0 aliphatic carbocycles. The Kier molecular flexibility index (Phi) is 6.12. The lowest BCUT2D eigenvalue weighted by Crippen LogP contribution is -2.29. The van der Waals surface area contributed by atoms with E-state index in [1.54, 1.807) is 0 Å². The van der Waals surface area contributed by atoms with Crippen LogP contribution in [0.1, 0.15) is 0 Å². The van der Waals surface area contributed by atoms with E-state index in [1.807, 2.05) is 0 Å². The average molecular weight is 246 g/mol. The van der Waals surface area contributed by atoms with Gasteiger partial charge >= 0.3 is 0 Å². The molecular formula is C5H12BrNO3S. The van der Waals surface area contributed by atoms with Gasteiger partial charge in [-0.1, -0.05) is 15.9 Å². The van der Waals surface area contributed by atoms with Crippen LogP contribution < -0.4 is 4.72 Å². The van der Waals surface area contributed by atoms with Crippen LogP contribution in [0.3, 0.4) is 0 Å². The molecular weight excluding hydrogens is 234 g/mol. The molecule has 0 atom stereocenters. The number of alkyl halides is 1. The molecule has 0 heterocycles. The summed E-state index contributed by atoms with van der Waals surface area (Å²) in [6.45, 7) is 0.656. The number of methoxy groups -OCH3 is 1. The van der Waals surface area contributed by atoms with Crippen LogP contribution in [0.4, 0.5) is 0 Å². The van der Waals surface area contributed by atoms with Gasteiger partial charge in [0.2, 0.25) is 10.0 Å². The van der Waals surface area contributed by atoms with Crippen LogP contribution in [-0.4, -0.2) is 39.8 Å². The summed E-state index contributed by atoms with van der Waals surface area (Å²) in [6.07, 6.45) is 0. The van der Waals surface area contributed by atoms with E-state index in [4.69, 9.17) is 0 Å². The van der Waals surface area contributed by atoms with Crippen LogP contribution in [0.2, 0.25) is 0 Å². The van der Waals surface area contributed by atoms with Crippen molar-refractivity contribution in [3.8, 4) is 0 Å². The van der Waals surface area contributed by atoms with E-state index < -0.39 is 10.0 Å². The Balaban J connectivity index is 3.63. The van der Waals surface area contributed by atoms with E-state index in [0.717, 1.165) is 0 Å². The lowest BCUT2D eigenvalue weighted by atomic mass is 10.8. The third-order valence-corrected chi connectivity index (χ3v) is 2.72. The highest BCUT2D eigenvalue weighted by Gasteiger charge is 2.07. The first-order valence-electron chi connectivity index (χ1n) is 3.14. The maximum atomic E-state index is 10.9. The molecule has 0 aromatic rings. The van der Waals surface area contributed by atoms with Gasteiger partial charge in [0.15, 0.2) is 0 Å². The van der Waals surface area contributed by atoms with Crippen LogP contribution >= 0.6 is 15.9 Å². The van der Waals surface area contributed by atoms with Gasteiger partial charge in [-0.15, -0.1) is 0 Å². The molecule has 0 amide bonds. The molecule has 0 spiro atoms. The largest absolute Gasteiger partial charge is 0.384 e. The molecule has 0 bridgehead atoms. The number of sulfonamides is 1. The SMILES string of the molecule is COCCS(=O)(=O)NCCBr. The smallest absolute Gasteiger partial charge is 0.213 e. The number of hydrogen-bond donors (Lipinski definition) is 1. The summed E-state index contributed by atoms with van der Waals surface area (Å²) >= 11 is 3.11. The maximum Gasteiger partial charge on any atom is 0.213 e. The highest BCUT2D eigenvalue weighted by molar-refractivity contribution is 9.09. The fourth-order valence-corrected chi connectivity index (χ4v) is 1.86. The first kappa shape index (κ1) is 11.4. The Hall–Kier alpha value is 0.350. The number of nitrogens with one attached hydrogen (secondary N) is 1. The van der Waals surface area contributed by atoms with Gasteiger partial charge in [-0.2, -0.15) is 0 Å². The number of halogens is 1. The van der Waals surface area contributed by atoms with Crippen LogP contribution in [-0.2, 0) is 14.8 Å². The van der Waals surface area contributed by atoms with Crippen molar-refractivity contribution in [1.82, 2.24) is 4.72 Å². The quantitative estimate of drug-likeness (QED) is 0.668. The van der Waals surface area contributed by atoms with Gasteiger partial charge in [-0.3, -0.25) is 0 Å². The van der Waals surface area contributed by atoms with E-state index in [9.17, 15) is 8.42 Å². The molecule has 0 saturated carbocycles. The third kappa shape index (κ3) is 6.74. The predicted molar refractivity (Wildman–Crippen MR) is 47.5 cm³/mol. The van der Waals surface area contributed by atoms with Gasteiger partial charge in [0.05, 0.1) is 12.4 Å². The molecule has 11 heavy (non-hydrogen) atoms. The van der Waals surface area contributed by atoms with E-state index in [0.29, 0.717) is 11.9 Å². The average Bonchev–Trinajstić information content (AvgIpc) is 1.97. The van der Waals surface area contributed by atoms with Crippen molar-refractivity contribution in [3.05, 3.63) is 0 Å². The molecule has 0 saturated heterocycles. The Morgan fingerprint density at radius 3 is 2.64 bits per heavy atom. The fraction of sp³-hybridized carbons (Fsp3) is 1.00. The summed E-state index contributed by atoms with van der Waals surface area (Å²) in [4.78, 5) is 0. The number of rotatable bonds is 6.